The van der Waals surface area contributed by atoms with Crippen LogP contribution < -0.4 is 21.3 Å². The number of nitrogens with two attached hydrogens (primary N) is 1. The van der Waals surface area contributed by atoms with Crippen LogP contribution in [0.1, 0.15) is 27.0 Å². The fraction of sp³-hybridized carbons (Fsp3) is 0.167. The first-order chi connectivity index (χ1) is 11.8. The third-order valence-electron chi connectivity index (χ3n) is 3.31. The molecule has 2 rings (SSSR count). The number of ether oxygens (including phenoxy) is 1. The van der Waals surface area contributed by atoms with E-state index in [0.717, 1.165) is 11.1 Å². The summed E-state index contributed by atoms with van der Waals surface area (Å²) in [4.78, 5) is 24.0. The van der Waals surface area contributed by atoms with Crippen LogP contribution in [0.3, 0.4) is 0 Å². The second kappa shape index (κ2) is 8.25. The lowest BCUT2D eigenvalue weighted by Crippen LogP contribution is -2.43. The van der Waals surface area contributed by atoms with Gasteiger partial charge in [0.15, 0.2) is 6.61 Å². The molecule has 0 aliphatic carbocycles. The predicted octanol–water partition coefficient (Wildman–Crippen LogP) is 1.78. The van der Waals surface area contributed by atoms with Crippen LogP contribution in [0, 0.1) is 13.8 Å². The van der Waals surface area contributed by atoms with Gasteiger partial charge in [-0.1, -0.05) is 30.4 Å². The smallest absolute Gasteiger partial charge is 0.276 e. The summed E-state index contributed by atoms with van der Waals surface area (Å²) >= 11 is 4.85. The van der Waals surface area contributed by atoms with E-state index in [4.69, 9.17) is 22.7 Å². The standard InChI is InChI=1S/C18H19N3O3S/c1-11-7-12(2)9-15(8-11)24-10-16(22)20-21-18(23)14-5-3-13(4-6-14)17(19)25/h3-9H,10H2,1-2H3,(H2,19,25)(H,20,22)(H,21,23). The SMILES string of the molecule is Cc1cc(C)cc(OCC(=O)NNC(=O)c2ccc(C(N)=S)cc2)c1. The van der Waals surface area contributed by atoms with Crippen LogP contribution in [0.5, 0.6) is 5.75 Å². The van der Waals surface area contributed by atoms with Gasteiger partial charge in [0.05, 0.1) is 0 Å². The molecule has 0 spiro atoms. The van der Waals surface area contributed by atoms with Crippen molar-refractivity contribution in [3.05, 3.63) is 64.7 Å². The first kappa shape index (κ1) is 18.4. The molecule has 6 nitrogen and oxygen atoms in total. The second-order valence-electron chi connectivity index (χ2n) is 5.56. The first-order valence-corrected chi connectivity index (χ1v) is 7.96. The molecule has 2 aromatic rings. The number of thiocarbonyl (C=S) groups is 1. The molecule has 0 aliphatic heterocycles. The van der Waals surface area contributed by atoms with Crippen LogP contribution >= 0.6 is 12.2 Å². The zero-order valence-electron chi connectivity index (χ0n) is 14.0. The third-order valence-corrected chi connectivity index (χ3v) is 3.55. The number of hydrogen-bond acceptors (Lipinski definition) is 4. The lowest BCUT2D eigenvalue weighted by Gasteiger charge is -2.10. The van der Waals surface area contributed by atoms with Gasteiger partial charge in [0, 0.05) is 11.1 Å². The highest BCUT2D eigenvalue weighted by atomic mass is 32.1. The average Bonchev–Trinajstić information content (AvgIpc) is 2.57. The Bertz CT molecular complexity index is 783. The summed E-state index contributed by atoms with van der Waals surface area (Å²) < 4.78 is 5.42. The third kappa shape index (κ3) is 5.58. The topological polar surface area (TPSA) is 93.5 Å². The molecule has 0 unspecified atom stereocenters. The van der Waals surface area contributed by atoms with Gasteiger partial charge in [-0.3, -0.25) is 20.4 Å². The van der Waals surface area contributed by atoms with Crippen LogP contribution in [0.2, 0.25) is 0 Å². The predicted molar refractivity (Wildman–Crippen MR) is 99.3 cm³/mol. The van der Waals surface area contributed by atoms with Crippen LogP contribution in [0.15, 0.2) is 42.5 Å². The fourth-order valence-corrected chi connectivity index (χ4v) is 2.32. The summed E-state index contributed by atoms with van der Waals surface area (Å²) in [5, 5.41) is 0. The summed E-state index contributed by atoms with van der Waals surface area (Å²) in [6.45, 7) is 3.69. The lowest BCUT2D eigenvalue weighted by molar-refractivity contribution is -0.123. The summed E-state index contributed by atoms with van der Waals surface area (Å²) in [5.41, 5.74) is 13.3. The molecule has 0 fully saturated rings. The minimum absolute atomic E-state index is 0.205. The molecule has 2 amide bonds. The monoisotopic (exact) mass is 357 g/mol. The maximum absolute atomic E-state index is 12.0. The van der Waals surface area contributed by atoms with E-state index in [1.807, 2.05) is 32.0 Å². The molecular weight excluding hydrogens is 338 g/mol. The average molecular weight is 357 g/mol. The summed E-state index contributed by atoms with van der Waals surface area (Å²) in [6, 6.07) is 12.1. The number of aryl methyl sites for hydroxylation is 2. The number of carbonyl (C=O) groups is 2. The van der Waals surface area contributed by atoms with Gasteiger partial charge in [-0.25, -0.2) is 0 Å². The van der Waals surface area contributed by atoms with Crippen molar-refractivity contribution in [2.45, 2.75) is 13.8 Å². The van der Waals surface area contributed by atoms with E-state index < -0.39 is 11.8 Å². The Morgan fingerprint density at radius 1 is 1.00 bits per heavy atom. The zero-order chi connectivity index (χ0) is 18.4. The highest BCUT2D eigenvalue weighted by Gasteiger charge is 2.08. The normalized spacial score (nSPS) is 10.0. The highest BCUT2D eigenvalue weighted by Crippen LogP contribution is 2.15. The van der Waals surface area contributed by atoms with Gasteiger partial charge in [0.2, 0.25) is 0 Å². The molecule has 0 aromatic heterocycles. The number of nitrogens with one attached hydrogen (secondary N) is 2. The number of amides is 2. The maximum Gasteiger partial charge on any atom is 0.276 e. The van der Waals surface area contributed by atoms with Crippen molar-refractivity contribution in [1.29, 1.82) is 0 Å². The van der Waals surface area contributed by atoms with Crippen molar-refractivity contribution >= 4 is 29.0 Å². The van der Waals surface area contributed by atoms with Gasteiger partial charge in [-0.05, 0) is 49.2 Å². The first-order valence-electron chi connectivity index (χ1n) is 7.55. The Kier molecular flexibility index (Phi) is 6.08. The molecule has 0 heterocycles. The van der Waals surface area contributed by atoms with Crippen molar-refractivity contribution < 1.29 is 14.3 Å². The molecule has 2 aromatic carbocycles. The summed E-state index contributed by atoms with van der Waals surface area (Å²) in [7, 11) is 0. The largest absolute Gasteiger partial charge is 0.484 e. The van der Waals surface area contributed by atoms with E-state index >= 15 is 0 Å². The van der Waals surface area contributed by atoms with Crippen LogP contribution in [0.25, 0.3) is 0 Å². The number of hydrogen-bond donors (Lipinski definition) is 3. The number of carbonyl (C=O) groups excluding carboxylic acids is 2. The van der Waals surface area contributed by atoms with Crippen molar-refractivity contribution in [3.63, 3.8) is 0 Å². The Morgan fingerprint density at radius 3 is 2.12 bits per heavy atom. The van der Waals surface area contributed by atoms with E-state index in [1.54, 1.807) is 24.3 Å². The van der Waals surface area contributed by atoms with Gasteiger partial charge >= 0.3 is 0 Å². The van der Waals surface area contributed by atoms with E-state index in [1.165, 1.54) is 0 Å². The molecule has 0 atom stereocenters. The fourth-order valence-electron chi connectivity index (χ4n) is 2.19. The molecule has 0 saturated heterocycles. The molecule has 0 saturated carbocycles. The molecule has 25 heavy (non-hydrogen) atoms. The molecular formula is C18H19N3O3S. The lowest BCUT2D eigenvalue weighted by atomic mass is 10.1. The Morgan fingerprint density at radius 2 is 1.56 bits per heavy atom. The van der Waals surface area contributed by atoms with Crippen molar-refractivity contribution in [3.8, 4) is 5.75 Å². The molecule has 4 N–H and O–H groups in total. The van der Waals surface area contributed by atoms with E-state index in [2.05, 4.69) is 10.9 Å². The Labute approximate surface area is 151 Å². The quantitative estimate of drug-likeness (QED) is 0.560. The van der Waals surface area contributed by atoms with E-state index in [-0.39, 0.29) is 11.6 Å². The van der Waals surface area contributed by atoms with Crippen molar-refractivity contribution in [2.24, 2.45) is 5.73 Å². The summed E-state index contributed by atoms with van der Waals surface area (Å²) in [5.74, 6) is -0.311. The van der Waals surface area contributed by atoms with E-state index in [0.29, 0.717) is 16.9 Å². The van der Waals surface area contributed by atoms with Crippen molar-refractivity contribution in [2.75, 3.05) is 6.61 Å². The molecule has 130 valence electrons. The Hall–Kier alpha value is -2.93. The van der Waals surface area contributed by atoms with Crippen molar-refractivity contribution in [1.82, 2.24) is 10.9 Å². The van der Waals surface area contributed by atoms with Gasteiger partial charge in [-0.15, -0.1) is 0 Å². The minimum Gasteiger partial charge on any atom is -0.484 e. The maximum atomic E-state index is 12.0. The van der Waals surface area contributed by atoms with Crippen LogP contribution in [0.4, 0.5) is 0 Å². The number of benzene rings is 2. The molecule has 0 radical (unpaired) electrons. The van der Waals surface area contributed by atoms with Crippen LogP contribution in [-0.4, -0.2) is 23.4 Å². The number of hydrazine groups is 1. The van der Waals surface area contributed by atoms with Gasteiger partial charge < -0.3 is 10.5 Å². The minimum atomic E-state index is -0.465. The van der Waals surface area contributed by atoms with Crippen LogP contribution in [-0.2, 0) is 4.79 Å². The molecule has 7 heteroatoms. The molecule has 0 bridgehead atoms. The second-order valence-corrected chi connectivity index (χ2v) is 6.00. The zero-order valence-corrected chi connectivity index (χ0v) is 14.8. The van der Waals surface area contributed by atoms with E-state index in [9.17, 15) is 9.59 Å². The summed E-state index contributed by atoms with van der Waals surface area (Å²) in [6.07, 6.45) is 0. The van der Waals surface area contributed by atoms with Gasteiger partial charge in [0.1, 0.15) is 10.7 Å². The van der Waals surface area contributed by atoms with Gasteiger partial charge in [-0.2, -0.15) is 0 Å². The highest BCUT2D eigenvalue weighted by molar-refractivity contribution is 7.80. The van der Waals surface area contributed by atoms with Gasteiger partial charge in [0.25, 0.3) is 11.8 Å². The number of rotatable bonds is 5. The Balaban J connectivity index is 1.82. The molecule has 0 aliphatic rings.